The van der Waals surface area contributed by atoms with Crippen molar-refractivity contribution in [2.45, 2.75) is 26.8 Å². The number of likely N-dealkylation sites (tertiary alicyclic amines) is 1. The molecule has 1 unspecified atom stereocenters. The molecule has 1 aliphatic heterocycles. The van der Waals surface area contributed by atoms with Crippen molar-refractivity contribution in [1.29, 1.82) is 0 Å². The van der Waals surface area contributed by atoms with Crippen LogP contribution in [0.1, 0.15) is 25.8 Å². The molecule has 1 atom stereocenters. The van der Waals surface area contributed by atoms with Gasteiger partial charge in [-0.05, 0) is 23.6 Å². The Morgan fingerprint density at radius 1 is 1.36 bits per heavy atom. The van der Waals surface area contributed by atoms with E-state index in [4.69, 9.17) is 4.74 Å². The number of amides is 2. The predicted molar refractivity (Wildman–Crippen MR) is 84.4 cm³/mol. The number of nitrogens with zero attached hydrogens (tertiary/aromatic N) is 1. The molecule has 5 heteroatoms. The maximum absolute atomic E-state index is 12.2. The van der Waals surface area contributed by atoms with Gasteiger partial charge in [0.1, 0.15) is 5.75 Å². The zero-order chi connectivity index (χ0) is 16.1. The molecule has 1 aromatic rings. The van der Waals surface area contributed by atoms with Crippen LogP contribution in [0.15, 0.2) is 24.3 Å². The lowest BCUT2D eigenvalue weighted by Crippen LogP contribution is -2.33. The molecule has 1 heterocycles. The van der Waals surface area contributed by atoms with Gasteiger partial charge in [0.05, 0.1) is 13.0 Å². The van der Waals surface area contributed by atoms with Crippen LogP contribution in [0.2, 0.25) is 0 Å². The molecule has 1 fully saturated rings. The molecular formula is C17H24N2O3. The number of ether oxygens (including phenoxy) is 1. The largest absolute Gasteiger partial charge is 0.497 e. The summed E-state index contributed by atoms with van der Waals surface area (Å²) in [7, 11) is 1.62. The number of hydrogen-bond donors (Lipinski definition) is 1. The fraction of sp³-hybridized carbons (Fsp3) is 0.529. The number of carbonyl (C=O) groups excluding carboxylic acids is 2. The van der Waals surface area contributed by atoms with Crippen molar-refractivity contribution >= 4 is 11.8 Å². The lowest BCUT2D eigenvalue weighted by Gasteiger charge is -2.18. The zero-order valence-electron chi connectivity index (χ0n) is 13.5. The monoisotopic (exact) mass is 304 g/mol. The fourth-order valence-corrected chi connectivity index (χ4v) is 2.64. The second kappa shape index (κ2) is 7.29. The van der Waals surface area contributed by atoms with E-state index in [0.717, 1.165) is 17.9 Å². The highest BCUT2D eigenvalue weighted by Crippen LogP contribution is 2.19. The lowest BCUT2D eigenvalue weighted by atomic mass is 10.1. The maximum atomic E-state index is 12.2. The summed E-state index contributed by atoms with van der Waals surface area (Å²) >= 11 is 0. The summed E-state index contributed by atoms with van der Waals surface area (Å²) in [6, 6.07) is 7.57. The minimum atomic E-state index is -0.232. The molecule has 1 aliphatic rings. The van der Waals surface area contributed by atoms with Crippen molar-refractivity contribution in [3.8, 4) is 5.75 Å². The van der Waals surface area contributed by atoms with E-state index in [2.05, 4.69) is 19.2 Å². The van der Waals surface area contributed by atoms with Crippen molar-refractivity contribution in [3.05, 3.63) is 29.8 Å². The maximum Gasteiger partial charge on any atom is 0.225 e. The molecule has 22 heavy (non-hydrogen) atoms. The van der Waals surface area contributed by atoms with E-state index in [9.17, 15) is 9.59 Å². The predicted octanol–water partition coefficient (Wildman–Crippen LogP) is 1.82. The first kappa shape index (κ1) is 16.3. The van der Waals surface area contributed by atoms with Crippen molar-refractivity contribution in [1.82, 2.24) is 10.2 Å². The van der Waals surface area contributed by atoms with Crippen LogP contribution >= 0.6 is 0 Å². The Morgan fingerprint density at radius 2 is 2.05 bits per heavy atom. The van der Waals surface area contributed by atoms with Crippen molar-refractivity contribution in [2.24, 2.45) is 11.8 Å². The van der Waals surface area contributed by atoms with Crippen LogP contribution in [0.5, 0.6) is 5.75 Å². The average Bonchev–Trinajstić information content (AvgIpc) is 2.86. The Labute approximate surface area is 131 Å². The second-order valence-corrected chi connectivity index (χ2v) is 6.16. The van der Waals surface area contributed by atoms with Gasteiger partial charge in [0.2, 0.25) is 11.8 Å². The summed E-state index contributed by atoms with van der Waals surface area (Å²) in [6.07, 6.45) is 0.321. The Balaban J connectivity index is 1.83. The zero-order valence-corrected chi connectivity index (χ0v) is 13.5. The van der Waals surface area contributed by atoms with E-state index in [-0.39, 0.29) is 17.7 Å². The van der Waals surface area contributed by atoms with Crippen molar-refractivity contribution < 1.29 is 14.3 Å². The highest BCUT2D eigenvalue weighted by atomic mass is 16.5. The first-order valence-electron chi connectivity index (χ1n) is 7.68. The first-order valence-corrected chi connectivity index (χ1v) is 7.68. The van der Waals surface area contributed by atoms with Gasteiger partial charge >= 0.3 is 0 Å². The van der Waals surface area contributed by atoms with Crippen LogP contribution in [0.4, 0.5) is 0 Å². The molecule has 2 amide bonds. The summed E-state index contributed by atoms with van der Waals surface area (Å²) in [5.74, 6) is 1.02. The summed E-state index contributed by atoms with van der Waals surface area (Å²) in [4.78, 5) is 25.9. The summed E-state index contributed by atoms with van der Waals surface area (Å²) in [5, 5.41) is 2.91. The number of benzene rings is 1. The number of methoxy groups -OCH3 is 1. The molecule has 0 aromatic heterocycles. The average molecular weight is 304 g/mol. The summed E-state index contributed by atoms with van der Waals surface area (Å²) in [5.41, 5.74) is 1.01. The van der Waals surface area contributed by atoms with Gasteiger partial charge in [-0.2, -0.15) is 0 Å². The summed E-state index contributed by atoms with van der Waals surface area (Å²) in [6.45, 7) is 5.87. The van der Waals surface area contributed by atoms with Gasteiger partial charge in [0.15, 0.2) is 0 Å². The normalized spacial score (nSPS) is 17.9. The van der Waals surface area contributed by atoms with Crippen LogP contribution in [0, 0.1) is 11.8 Å². The van der Waals surface area contributed by atoms with E-state index in [1.165, 1.54) is 0 Å². The minimum absolute atomic E-state index is 0.0459. The van der Waals surface area contributed by atoms with Crippen molar-refractivity contribution in [3.63, 3.8) is 0 Å². The molecule has 2 rings (SSSR count). The van der Waals surface area contributed by atoms with Gasteiger partial charge in [-0.1, -0.05) is 26.0 Å². The highest BCUT2D eigenvalue weighted by Gasteiger charge is 2.34. The fourth-order valence-electron chi connectivity index (χ4n) is 2.64. The van der Waals surface area contributed by atoms with Gasteiger partial charge < -0.3 is 15.0 Å². The Morgan fingerprint density at radius 3 is 2.64 bits per heavy atom. The molecule has 0 bridgehead atoms. The van der Waals surface area contributed by atoms with E-state index in [1.54, 1.807) is 12.0 Å². The van der Waals surface area contributed by atoms with Crippen LogP contribution in [-0.2, 0) is 16.1 Å². The smallest absolute Gasteiger partial charge is 0.225 e. The number of hydrogen-bond acceptors (Lipinski definition) is 3. The molecule has 0 spiro atoms. The topological polar surface area (TPSA) is 58.6 Å². The third kappa shape index (κ3) is 4.23. The number of nitrogens with one attached hydrogen (secondary N) is 1. The van der Waals surface area contributed by atoms with E-state index in [1.807, 2.05) is 24.3 Å². The molecule has 1 aromatic carbocycles. The molecular weight excluding hydrogens is 280 g/mol. The molecule has 0 saturated carbocycles. The number of carbonyl (C=O) groups is 2. The van der Waals surface area contributed by atoms with Gasteiger partial charge in [0, 0.05) is 26.1 Å². The van der Waals surface area contributed by atoms with E-state index in [0.29, 0.717) is 25.4 Å². The molecule has 5 nitrogen and oxygen atoms in total. The van der Waals surface area contributed by atoms with Crippen LogP contribution in [0.25, 0.3) is 0 Å². The van der Waals surface area contributed by atoms with Gasteiger partial charge in [-0.3, -0.25) is 9.59 Å². The van der Waals surface area contributed by atoms with E-state index < -0.39 is 0 Å². The van der Waals surface area contributed by atoms with E-state index >= 15 is 0 Å². The summed E-state index contributed by atoms with van der Waals surface area (Å²) < 4.78 is 5.10. The first-order chi connectivity index (χ1) is 10.5. The second-order valence-electron chi connectivity index (χ2n) is 6.16. The number of rotatable bonds is 6. The standard InChI is InChI=1S/C17H24N2O3/c1-12(2)10-19-11-14(8-16(19)20)17(21)18-9-13-4-6-15(22-3)7-5-13/h4-7,12,14H,8-11H2,1-3H3,(H,18,21). The highest BCUT2D eigenvalue weighted by molar-refractivity contribution is 5.89. The van der Waals surface area contributed by atoms with Gasteiger partial charge in [-0.15, -0.1) is 0 Å². The molecule has 120 valence electrons. The van der Waals surface area contributed by atoms with Crippen LogP contribution < -0.4 is 10.1 Å². The van der Waals surface area contributed by atoms with Crippen LogP contribution in [0.3, 0.4) is 0 Å². The lowest BCUT2D eigenvalue weighted by molar-refractivity contribution is -0.129. The third-order valence-corrected chi connectivity index (χ3v) is 3.80. The van der Waals surface area contributed by atoms with Gasteiger partial charge in [-0.25, -0.2) is 0 Å². The van der Waals surface area contributed by atoms with Crippen molar-refractivity contribution in [2.75, 3.05) is 20.2 Å². The molecule has 0 radical (unpaired) electrons. The molecule has 1 saturated heterocycles. The SMILES string of the molecule is COc1ccc(CNC(=O)C2CC(=O)N(CC(C)C)C2)cc1. The Kier molecular flexibility index (Phi) is 5.41. The molecule has 0 aliphatic carbocycles. The quantitative estimate of drug-likeness (QED) is 0.872. The Hall–Kier alpha value is -2.04. The Bertz CT molecular complexity index is 525. The van der Waals surface area contributed by atoms with Crippen LogP contribution in [-0.4, -0.2) is 36.9 Å². The third-order valence-electron chi connectivity index (χ3n) is 3.80. The molecule has 1 N–H and O–H groups in total. The van der Waals surface area contributed by atoms with Gasteiger partial charge in [0.25, 0.3) is 0 Å². The minimum Gasteiger partial charge on any atom is -0.497 e.